The second-order valence-corrected chi connectivity index (χ2v) is 13.9. The number of esters is 1. The van der Waals surface area contributed by atoms with E-state index >= 15 is 0 Å². The summed E-state index contributed by atoms with van der Waals surface area (Å²) in [6.07, 6.45) is 17.0. The lowest BCUT2D eigenvalue weighted by molar-refractivity contribution is -0.0635. The van der Waals surface area contributed by atoms with Crippen molar-refractivity contribution in [3.05, 3.63) is 47.5 Å². The fourth-order valence-electron chi connectivity index (χ4n) is 9.59. The van der Waals surface area contributed by atoms with Gasteiger partial charge in [0.2, 0.25) is 0 Å². The van der Waals surface area contributed by atoms with E-state index in [1.54, 1.807) is 5.57 Å². The molecule has 198 valence electrons. The molecule has 4 aliphatic carbocycles. The highest BCUT2D eigenvalue weighted by molar-refractivity contribution is 5.89. The van der Waals surface area contributed by atoms with Crippen molar-refractivity contribution in [3.63, 3.8) is 0 Å². The maximum atomic E-state index is 12.7. The van der Waals surface area contributed by atoms with Crippen LogP contribution in [0.1, 0.15) is 116 Å². The minimum Gasteiger partial charge on any atom is -0.455 e. The van der Waals surface area contributed by atoms with E-state index in [0.717, 1.165) is 41.9 Å². The summed E-state index contributed by atoms with van der Waals surface area (Å²) in [7, 11) is 0. The van der Waals surface area contributed by atoms with Crippen LogP contribution < -0.4 is 0 Å². The summed E-state index contributed by atoms with van der Waals surface area (Å²) in [5.74, 6) is 5.08. The second kappa shape index (κ2) is 10.3. The Morgan fingerprint density at radius 3 is 2.47 bits per heavy atom. The first-order valence-corrected chi connectivity index (χ1v) is 15.2. The van der Waals surface area contributed by atoms with Crippen molar-refractivity contribution in [2.75, 3.05) is 0 Å². The van der Waals surface area contributed by atoms with Gasteiger partial charge in [-0.05, 0) is 116 Å². The molecule has 0 bridgehead atoms. The van der Waals surface area contributed by atoms with Crippen molar-refractivity contribution in [3.8, 4) is 0 Å². The summed E-state index contributed by atoms with van der Waals surface area (Å²) in [4.78, 5) is 12.7. The molecule has 0 spiro atoms. The van der Waals surface area contributed by atoms with E-state index < -0.39 is 0 Å². The van der Waals surface area contributed by atoms with Gasteiger partial charge in [0, 0.05) is 0 Å². The monoisotopic (exact) mass is 490 g/mol. The third-order valence-corrected chi connectivity index (χ3v) is 11.5. The lowest BCUT2D eigenvalue weighted by atomic mass is 9.46. The van der Waals surface area contributed by atoms with Gasteiger partial charge < -0.3 is 4.74 Å². The normalized spacial score (nSPS) is 38.5. The predicted octanol–water partition coefficient (Wildman–Crippen LogP) is 9.25. The summed E-state index contributed by atoms with van der Waals surface area (Å²) in [5.41, 5.74) is 3.12. The van der Waals surface area contributed by atoms with Crippen LogP contribution in [0.4, 0.5) is 0 Å². The third-order valence-electron chi connectivity index (χ3n) is 11.5. The number of ether oxygens (including phenoxy) is 1. The maximum Gasteiger partial charge on any atom is 0.338 e. The summed E-state index contributed by atoms with van der Waals surface area (Å²) in [6, 6.07) is 9.47. The van der Waals surface area contributed by atoms with E-state index in [-0.39, 0.29) is 12.1 Å². The summed E-state index contributed by atoms with van der Waals surface area (Å²) in [6.45, 7) is 12.6. The molecule has 5 rings (SSSR count). The molecule has 3 saturated carbocycles. The smallest absolute Gasteiger partial charge is 0.338 e. The quantitative estimate of drug-likeness (QED) is 0.281. The van der Waals surface area contributed by atoms with Gasteiger partial charge in [-0.2, -0.15) is 0 Å². The maximum absolute atomic E-state index is 12.7. The SMILES string of the molecule is CC(C)CCC[C@@H](C)[C@H]1CC[C@H]2[C@@H]3CCC4=C[C@@H](OC(=O)c5ccccc5)CC[C@]4(C)[C@H]3CC[C@]12C. The Morgan fingerprint density at radius 1 is 0.944 bits per heavy atom. The van der Waals surface area contributed by atoms with Crippen molar-refractivity contribution in [1.82, 2.24) is 0 Å². The highest BCUT2D eigenvalue weighted by Gasteiger charge is 2.59. The lowest BCUT2D eigenvalue weighted by Gasteiger charge is -2.59. The number of hydrogen-bond donors (Lipinski definition) is 0. The average Bonchev–Trinajstić information content (AvgIpc) is 3.22. The van der Waals surface area contributed by atoms with E-state index in [1.165, 1.54) is 64.2 Å². The molecule has 1 aromatic rings. The molecule has 0 heterocycles. The number of hydrogen-bond acceptors (Lipinski definition) is 2. The van der Waals surface area contributed by atoms with E-state index in [2.05, 4.69) is 40.7 Å². The van der Waals surface area contributed by atoms with Gasteiger partial charge in [-0.25, -0.2) is 4.79 Å². The van der Waals surface area contributed by atoms with Crippen molar-refractivity contribution < 1.29 is 9.53 Å². The van der Waals surface area contributed by atoms with Crippen molar-refractivity contribution in [2.24, 2.45) is 46.3 Å². The van der Waals surface area contributed by atoms with Gasteiger partial charge in [0.25, 0.3) is 0 Å². The molecular weight excluding hydrogens is 440 g/mol. The van der Waals surface area contributed by atoms with Crippen molar-refractivity contribution >= 4 is 5.97 Å². The van der Waals surface area contributed by atoms with Gasteiger partial charge >= 0.3 is 5.97 Å². The molecular formula is C34H50O2. The number of allylic oxidation sites excluding steroid dienone is 1. The number of fused-ring (bicyclic) bond motifs is 5. The Morgan fingerprint density at radius 2 is 1.72 bits per heavy atom. The standard InChI is InChI=1S/C34H50O2/c1-23(2)10-9-11-24(3)29-16-17-30-28-15-14-26-22-27(36-32(35)25-12-7-6-8-13-25)18-20-33(26,4)31(28)19-21-34(29,30)5/h6-8,12-13,22-24,27-31H,9-11,14-21H2,1-5H3/t24-,27+,28+,29-,30+,31+,33+,34-/m1/s1. The molecule has 0 amide bonds. The Kier molecular flexibility index (Phi) is 7.45. The minimum atomic E-state index is -0.178. The molecule has 2 nitrogen and oxygen atoms in total. The van der Waals surface area contributed by atoms with Gasteiger partial charge in [-0.15, -0.1) is 0 Å². The molecule has 3 fully saturated rings. The van der Waals surface area contributed by atoms with Crippen LogP contribution in [0, 0.1) is 46.3 Å². The topological polar surface area (TPSA) is 26.3 Å². The largest absolute Gasteiger partial charge is 0.455 e. The van der Waals surface area contributed by atoms with E-state index in [4.69, 9.17) is 4.74 Å². The number of rotatable bonds is 7. The highest BCUT2D eigenvalue weighted by atomic mass is 16.5. The van der Waals surface area contributed by atoms with Crippen LogP contribution in [0.25, 0.3) is 0 Å². The Bertz CT molecular complexity index is 947. The Labute approximate surface area is 220 Å². The van der Waals surface area contributed by atoms with Crippen molar-refractivity contribution in [1.29, 1.82) is 0 Å². The van der Waals surface area contributed by atoms with Crippen LogP contribution in [-0.4, -0.2) is 12.1 Å². The summed E-state index contributed by atoms with van der Waals surface area (Å²) < 4.78 is 5.96. The molecule has 0 aliphatic heterocycles. The molecule has 36 heavy (non-hydrogen) atoms. The van der Waals surface area contributed by atoms with Crippen LogP contribution in [-0.2, 0) is 4.74 Å². The molecule has 0 aromatic heterocycles. The van der Waals surface area contributed by atoms with Gasteiger partial charge in [-0.3, -0.25) is 0 Å². The van der Waals surface area contributed by atoms with Gasteiger partial charge in [0.15, 0.2) is 0 Å². The zero-order valence-electron chi connectivity index (χ0n) is 23.6. The first kappa shape index (κ1) is 26.1. The van der Waals surface area contributed by atoms with Crippen LogP contribution in [0.5, 0.6) is 0 Å². The van der Waals surface area contributed by atoms with E-state index in [0.29, 0.717) is 16.4 Å². The first-order chi connectivity index (χ1) is 17.2. The predicted molar refractivity (Wildman–Crippen MR) is 149 cm³/mol. The third kappa shape index (κ3) is 4.71. The fraction of sp³-hybridized carbons (Fsp3) is 0.735. The van der Waals surface area contributed by atoms with Crippen LogP contribution in [0.15, 0.2) is 42.0 Å². The summed E-state index contributed by atoms with van der Waals surface area (Å²) in [5, 5.41) is 0. The van der Waals surface area contributed by atoms with E-state index in [1.807, 2.05) is 30.3 Å². The molecule has 1 aromatic carbocycles. The lowest BCUT2D eigenvalue weighted by Crippen LogP contribution is -2.51. The van der Waals surface area contributed by atoms with Gasteiger partial charge in [0.1, 0.15) is 6.10 Å². The highest BCUT2D eigenvalue weighted by Crippen LogP contribution is 2.67. The van der Waals surface area contributed by atoms with Gasteiger partial charge in [-0.1, -0.05) is 77.7 Å². The molecule has 2 heteroatoms. The molecule has 0 N–H and O–H groups in total. The first-order valence-electron chi connectivity index (χ1n) is 15.2. The Balaban J connectivity index is 1.26. The average molecular weight is 491 g/mol. The van der Waals surface area contributed by atoms with Crippen molar-refractivity contribution in [2.45, 2.75) is 111 Å². The van der Waals surface area contributed by atoms with Gasteiger partial charge in [0.05, 0.1) is 5.56 Å². The Hall–Kier alpha value is -1.57. The second-order valence-electron chi connectivity index (χ2n) is 13.9. The zero-order chi connectivity index (χ0) is 25.5. The van der Waals surface area contributed by atoms with Crippen LogP contribution in [0.2, 0.25) is 0 Å². The molecule has 0 saturated heterocycles. The number of carbonyl (C=O) groups is 1. The molecule has 0 radical (unpaired) electrons. The zero-order valence-corrected chi connectivity index (χ0v) is 23.6. The molecule has 0 unspecified atom stereocenters. The van der Waals surface area contributed by atoms with Crippen LogP contribution >= 0.6 is 0 Å². The summed E-state index contributed by atoms with van der Waals surface area (Å²) >= 11 is 0. The number of benzene rings is 1. The fourth-order valence-corrected chi connectivity index (χ4v) is 9.59. The van der Waals surface area contributed by atoms with E-state index in [9.17, 15) is 4.79 Å². The van der Waals surface area contributed by atoms with Crippen LogP contribution in [0.3, 0.4) is 0 Å². The number of carbonyl (C=O) groups excluding carboxylic acids is 1. The molecule has 8 atom stereocenters. The molecule has 4 aliphatic rings. The minimum absolute atomic E-state index is 0.0614.